The highest BCUT2D eigenvalue weighted by Gasteiger charge is 2.38. The first-order valence-electron chi connectivity index (χ1n) is 7.34. The Morgan fingerprint density at radius 3 is 2.25 bits per heavy atom. The molecule has 1 amide bonds. The molecule has 1 saturated carbocycles. The molecule has 0 atom stereocenters. The molecule has 2 fully saturated rings. The molecule has 20 heavy (non-hydrogen) atoms. The van der Waals surface area contributed by atoms with Crippen LogP contribution in [0.1, 0.15) is 36.0 Å². The van der Waals surface area contributed by atoms with Gasteiger partial charge in [0.15, 0.2) is 0 Å². The SMILES string of the molecule is COc1ccc(C(=O)N(C2CCOCC2)C2CC2)cc1. The van der Waals surface area contributed by atoms with E-state index in [-0.39, 0.29) is 5.91 Å². The summed E-state index contributed by atoms with van der Waals surface area (Å²) in [7, 11) is 1.63. The van der Waals surface area contributed by atoms with Crippen molar-refractivity contribution in [3.63, 3.8) is 0 Å². The summed E-state index contributed by atoms with van der Waals surface area (Å²) in [5, 5.41) is 0. The Balaban J connectivity index is 1.77. The molecule has 0 bridgehead atoms. The molecule has 4 heteroatoms. The molecule has 2 aliphatic rings. The van der Waals surface area contributed by atoms with Gasteiger partial charge in [-0.25, -0.2) is 0 Å². The lowest BCUT2D eigenvalue weighted by atomic mass is 10.0. The molecule has 0 unspecified atom stereocenters. The Bertz CT molecular complexity index is 461. The zero-order valence-electron chi connectivity index (χ0n) is 11.9. The first-order chi connectivity index (χ1) is 9.79. The number of hydrogen-bond donors (Lipinski definition) is 0. The van der Waals surface area contributed by atoms with E-state index >= 15 is 0 Å². The lowest BCUT2D eigenvalue weighted by molar-refractivity contribution is 0.0267. The molecule has 4 nitrogen and oxygen atoms in total. The highest BCUT2D eigenvalue weighted by Crippen LogP contribution is 2.33. The van der Waals surface area contributed by atoms with Gasteiger partial charge in [0, 0.05) is 30.9 Å². The topological polar surface area (TPSA) is 38.8 Å². The predicted octanol–water partition coefficient (Wildman–Crippen LogP) is 2.48. The summed E-state index contributed by atoms with van der Waals surface area (Å²) in [4.78, 5) is 14.9. The number of rotatable bonds is 4. The second kappa shape index (κ2) is 5.83. The Hall–Kier alpha value is -1.55. The molecule has 0 aromatic heterocycles. The third-order valence-corrected chi connectivity index (χ3v) is 4.10. The van der Waals surface area contributed by atoms with Gasteiger partial charge in [0.2, 0.25) is 0 Å². The van der Waals surface area contributed by atoms with Crippen molar-refractivity contribution in [1.82, 2.24) is 4.90 Å². The zero-order valence-corrected chi connectivity index (χ0v) is 11.9. The van der Waals surface area contributed by atoms with Crippen LogP contribution in [-0.2, 0) is 4.74 Å². The largest absolute Gasteiger partial charge is 0.497 e. The Labute approximate surface area is 119 Å². The zero-order chi connectivity index (χ0) is 13.9. The van der Waals surface area contributed by atoms with Gasteiger partial charge < -0.3 is 14.4 Å². The third kappa shape index (κ3) is 2.80. The summed E-state index contributed by atoms with van der Waals surface area (Å²) in [5.41, 5.74) is 0.754. The maximum absolute atomic E-state index is 12.8. The fourth-order valence-electron chi connectivity index (χ4n) is 2.83. The molecule has 1 aliphatic carbocycles. The van der Waals surface area contributed by atoms with Gasteiger partial charge in [0.1, 0.15) is 5.75 Å². The number of nitrogens with zero attached hydrogens (tertiary/aromatic N) is 1. The normalized spacial score (nSPS) is 19.6. The van der Waals surface area contributed by atoms with Crippen LogP contribution in [0.15, 0.2) is 24.3 Å². The van der Waals surface area contributed by atoms with Gasteiger partial charge in [-0.2, -0.15) is 0 Å². The second-order valence-corrected chi connectivity index (χ2v) is 5.52. The lowest BCUT2D eigenvalue weighted by Gasteiger charge is -2.34. The van der Waals surface area contributed by atoms with Crippen molar-refractivity contribution in [3.8, 4) is 5.75 Å². The summed E-state index contributed by atoms with van der Waals surface area (Å²) in [6.45, 7) is 1.54. The van der Waals surface area contributed by atoms with Gasteiger partial charge in [0.25, 0.3) is 5.91 Å². The van der Waals surface area contributed by atoms with Crippen molar-refractivity contribution >= 4 is 5.91 Å². The first kappa shape index (κ1) is 13.4. The Kier molecular flexibility index (Phi) is 3.92. The van der Waals surface area contributed by atoms with Crippen LogP contribution in [-0.4, -0.2) is 43.2 Å². The van der Waals surface area contributed by atoms with Crippen molar-refractivity contribution in [2.45, 2.75) is 37.8 Å². The van der Waals surface area contributed by atoms with E-state index in [4.69, 9.17) is 9.47 Å². The van der Waals surface area contributed by atoms with Crippen LogP contribution in [0, 0.1) is 0 Å². The average Bonchev–Trinajstić information content (AvgIpc) is 3.33. The van der Waals surface area contributed by atoms with Gasteiger partial charge in [-0.05, 0) is 49.9 Å². The van der Waals surface area contributed by atoms with Crippen molar-refractivity contribution in [3.05, 3.63) is 29.8 Å². The maximum Gasteiger partial charge on any atom is 0.254 e. The molecule has 1 aromatic rings. The molecule has 1 heterocycles. The number of carbonyl (C=O) groups excluding carboxylic acids is 1. The minimum atomic E-state index is 0.155. The van der Waals surface area contributed by atoms with Crippen LogP contribution in [0.4, 0.5) is 0 Å². The number of carbonyl (C=O) groups is 1. The molecule has 1 aliphatic heterocycles. The highest BCUT2D eigenvalue weighted by molar-refractivity contribution is 5.95. The standard InChI is InChI=1S/C16H21NO3/c1-19-15-6-2-12(3-7-15)16(18)17(13-4-5-13)14-8-10-20-11-9-14/h2-3,6-7,13-14H,4-5,8-11H2,1H3. The number of ether oxygens (including phenoxy) is 2. The van der Waals surface area contributed by atoms with Crippen molar-refractivity contribution in [2.75, 3.05) is 20.3 Å². The molecule has 0 N–H and O–H groups in total. The minimum absolute atomic E-state index is 0.155. The van der Waals surface area contributed by atoms with Gasteiger partial charge in [-0.1, -0.05) is 0 Å². The Morgan fingerprint density at radius 1 is 1.10 bits per heavy atom. The summed E-state index contributed by atoms with van der Waals surface area (Å²) < 4.78 is 10.6. The smallest absolute Gasteiger partial charge is 0.254 e. The molecular formula is C16H21NO3. The quantitative estimate of drug-likeness (QED) is 0.847. The predicted molar refractivity (Wildman–Crippen MR) is 76.0 cm³/mol. The average molecular weight is 275 g/mol. The monoisotopic (exact) mass is 275 g/mol. The van der Waals surface area contributed by atoms with E-state index in [1.165, 1.54) is 0 Å². The van der Waals surface area contributed by atoms with Crippen LogP contribution < -0.4 is 4.74 Å². The van der Waals surface area contributed by atoms with E-state index in [9.17, 15) is 4.79 Å². The summed E-state index contributed by atoms with van der Waals surface area (Å²) in [5.74, 6) is 0.938. The van der Waals surface area contributed by atoms with E-state index < -0.39 is 0 Å². The fraction of sp³-hybridized carbons (Fsp3) is 0.562. The van der Waals surface area contributed by atoms with Crippen LogP contribution in [0.2, 0.25) is 0 Å². The lowest BCUT2D eigenvalue weighted by Crippen LogP contribution is -2.44. The van der Waals surface area contributed by atoms with Gasteiger partial charge in [-0.3, -0.25) is 4.79 Å². The van der Waals surface area contributed by atoms with Crippen molar-refractivity contribution in [1.29, 1.82) is 0 Å². The van der Waals surface area contributed by atoms with Gasteiger partial charge in [-0.15, -0.1) is 0 Å². The molecule has 1 aromatic carbocycles. The molecule has 0 radical (unpaired) electrons. The van der Waals surface area contributed by atoms with E-state index in [1.807, 2.05) is 24.3 Å². The van der Waals surface area contributed by atoms with E-state index in [0.717, 1.165) is 50.2 Å². The van der Waals surface area contributed by atoms with Crippen LogP contribution in [0.25, 0.3) is 0 Å². The van der Waals surface area contributed by atoms with Crippen LogP contribution in [0.3, 0.4) is 0 Å². The first-order valence-corrected chi connectivity index (χ1v) is 7.34. The summed E-state index contributed by atoms with van der Waals surface area (Å²) >= 11 is 0. The van der Waals surface area contributed by atoms with Gasteiger partial charge >= 0.3 is 0 Å². The number of amides is 1. The third-order valence-electron chi connectivity index (χ3n) is 4.10. The maximum atomic E-state index is 12.8. The molecular weight excluding hydrogens is 254 g/mol. The molecule has 3 rings (SSSR count). The van der Waals surface area contributed by atoms with E-state index in [0.29, 0.717) is 12.1 Å². The van der Waals surface area contributed by atoms with E-state index in [2.05, 4.69) is 4.90 Å². The van der Waals surface area contributed by atoms with Crippen LogP contribution >= 0.6 is 0 Å². The number of benzene rings is 1. The van der Waals surface area contributed by atoms with Gasteiger partial charge in [0.05, 0.1) is 7.11 Å². The van der Waals surface area contributed by atoms with Crippen molar-refractivity contribution < 1.29 is 14.3 Å². The minimum Gasteiger partial charge on any atom is -0.497 e. The van der Waals surface area contributed by atoms with E-state index in [1.54, 1.807) is 7.11 Å². The summed E-state index contributed by atoms with van der Waals surface area (Å²) in [6, 6.07) is 8.19. The molecule has 1 saturated heterocycles. The van der Waals surface area contributed by atoms with Crippen LogP contribution in [0.5, 0.6) is 5.75 Å². The number of hydrogen-bond acceptors (Lipinski definition) is 3. The van der Waals surface area contributed by atoms with Crippen molar-refractivity contribution in [2.24, 2.45) is 0 Å². The number of methoxy groups -OCH3 is 1. The Morgan fingerprint density at radius 2 is 1.70 bits per heavy atom. The highest BCUT2D eigenvalue weighted by atomic mass is 16.5. The second-order valence-electron chi connectivity index (χ2n) is 5.52. The molecule has 0 spiro atoms. The molecule has 108 valence electrons. The fourth-order valence-corrected chi connectivity index (χ4v) is 2.83. The summed E-state index contributed by atoms with van der Waals surface area (Å²) in [6.07, 6.45) is 4.19.